The Morgan fingerprint density at radius 1 is 0.788 bits per heavy atom. The summed E-state index contributed by atoms with van der Waals surface area (Å²) >= 11 is 2.95. The molecule has 4 unspecified atom stereocenters. The monoisotopic (exact) mass is 507 g/mol. The number of amides is 4. The van der Waals surface area contributed by atoms with E-state index >= 15 is 0 Å². The fourth-order valence-electron chi connectivity index (χ4n) is 2.67. The molecule has 0 aliphatic carbocycles. The first-order valence-electron chi connectivity index (χ1n) is 10.6. The van der Waals surface area contributed by atoms with Crippen molar-refractivity contribution in [3.8, 4) is 0 Å². The second kappa shape index (κ2) is 16.6. The predicted molar refractivity (Wildman–Crippen MR) is 131 cm³/mol. The first-order chi connectivity index (χ1) is 15.4. The minimum absolute atomic E-state index is 0.122. The topological polar surface area (TPSA) is 194 Å². The predicted octanol–water partition coefficient (Wildman–Crippen LogP) is -0.720. The SMILES string of the molecule is CSCCC(NC(=O)C(CCSC)NC(=O)C(N)C(C)C)C(=O)NC(CCC(N)=O)C(=O)O. The minimum atomic E-state index is -1.32. The summed E-state index contributed by atoms with van der Waals surface area (Å²) in [6.45, 7) is 3.59. The van der Waals surface area contributed by atoms with E-state index in [2.05, 4.69) is 16.0 Å². The van der Waals surface area contributed by atoms with Crippen molar-refractivity contribution < 1.29 is 29.1 Å². The number of carbonyl (C=O) groups is 5. The number of rotatable bonds is 17. The van der Waals surface area contributed by atoms with Gasteiger partial charge in [0.2, 0.25) is 23.6 Å². The Balaban J connectivity index is 5.42. The van der Waals surface area contributed by atoms with Crippen LogP contribution in [0.5, 0.6) is 0 Å². The summed E-state index contributed by atoms with van der Waals surface area (Å²) in [4.78, 5) is 60.6. The van der Waals surface area contributed by atoms with E-state index in [-0.39, 0.29) is 25.2 Å². The molecule has 0 aromatic heterocycles. The molecule has 0 saturated carbocycles. The lowest BCUT2D eigenvalue weighted by Crippen LogP contribution is -2.57. The van der Waals surface area contributed by atoms with Crippen molar-refractivity contribution in [3.63, 3.8) is 0 Å². The zero-order chi connectivity index (χ0) is 25.6. The molecule has 0 radical (unpaired) electrons. The Kier molecular flexibility index (Phi) is 15.6. The van der Waals surface area contributed by atoms with Crippen LogP contribution in [-0.2, 0) is 24.0 Å². The van der Waals surface area contributed by atoms with Gasteiger partial charge in [-0.15, -0.1) is 0 Å². The van der Waals surface area contributed by atoms with E-state index in [4.69, 9.17) is 11.5 Å². The molecule has 33 heavy (non-hydrogen) atoms. The van der Waals surface area contributed by atoms with E-state index in [1.807, 2.05) is 12.5 Å². The van der Waals surface area contributed by atoms with Gasteiger partial charge in [-0.05, 0) is 49.2 Å². The highest BCUT2D eigenvalue weighted by atomic mass is 32.2. The molecule has 0 heterocycles. The van der Waals surface area contributed by atoms with Gasteiger partial charge in [0.1, 0.15) is 18.1 Å². The average Bonchev–Trinajstić information content (AvgIpc) is 2.75. The molecule has 8 N–H and O–H groups in total. The normalized spacial score (nSPS) is 14.6. The number of hydrogen-bond donors (Lipinski definition) is 6. The van der Waals surface area contributed by atoms with E-state index in [0.717, 1.165) is 0 Å². The first-order valence-corrected chi connectivity index (χ1v) is 13.4. The number of nitrogens with two attached hydrogens (primary N) is 2. The minimum Gasteiger partial charge on any atom is -0.480 e. The van der Waals surface area contributed by atoms with Crippen molar-refractivity contribution in [1.82, 2.24) is 16.0 Å². The third-order valence-corrected chi connectivity index (χ3v) is 6.09. The van der Waals surface area contributed by atoms with Gasteiger partial charge >= 0.3 is 5.97 Å². The molecule has 0 fully saturated rings. The second-order valence-electron chi connectivity index (χ2n) is 7.86. The number of carboxylic acid groups (broad SMARTS) is 1. The van der Waals surface area contributed by atoms with Gasteiger partial charge in [0.15, 0.2) is 0 Å². The summed E-state index contributed by atoms with van der Waals surface area (Å²) in [6.07, 6.45) is 3.89. The van der Waals surface area contributed by atoms with Crippen LogP contribution in [0.25, 0.3) is 0 Å². The molecule has 4 amide bonds. The number of carboxylic acids is 1. The molecule has 0 saturated heterocycles. The van der Waals surface area contributed by atoms with Gasteiger partial charge in [0.25, 0.3) is 0 Å². The van der Waals surface area contributed by atoms with E-state index in [0.29, 0.717) is 17.9 Å². The van der Waals surface area contributed by atoms with Gasteiger partial charge in [-0.3, -0.25) is 19.2 Å². The maximum atomic E-state index is 12.9. The molecule has 4 atom stereocenters. The number of aliphatic carboxylic acids is 1. The van der Waals surface area contributed by atoms with Crippen LogP contribution >= 0.6 is 23.5 Å². The molecule has 13 heteroatoms. The fourth-order valence-corrected chi connectivity index (χ4v) is 3.61. The van der Waals surface area contributed by atoms with Crippen LogP contribution in [0.15, 0.2) is 0 Å². The Labute approximate surface area is 203 Å². The van der Waals surface area contributed by atoms with Crippen molar-refractivity contribution in [2.75, 3.05) is 24.0 Å². The largest absolute Gasteiger partial charge is 0.480 e. The Morgan fingerprint density at radius 3 is 1.58 bits per heavy atom. The van der Waals surface area contributed by atoms with Gasteiger partial charge in [0, 0.05) is 6.42 Å². The Morgan fingerprint density at radius 2 is 1.21 bits per heavy atom. The third-order valence-electron chi connectivity index (χ3n) is 4.80. The Hall–Kier alpha value is -1.99. The van der Waals surface area contributed by atoms with Gasteiger partial charge < -0.3 is 32.5 Å². The summed E-state index contributed by atoms with van der Waals surface area (Å²) in [5.74, 6) is -2.72. The molecule has 11 nitrogen and oxygen atoms in total. The molecule has 0 aliphatic rings. The van der Waals surface area contributed by atoms with Crippen molar-refractivity contribution in [3.05, 3.63) is 0 Å². The molecule has 0 aliphatic heterocycles. The molecule has 0 rings (SSSR count). The summed E-state index contributed by atoms with van der Waals surface area (Å²) < 4.78 is 0. The lowest BCUT2D eigenvalue weighted by molar-refractivity contribution is -0.142. The zero-order valence-corrected chi connectivity index (χ0v) is 21.2. The van der Waals surface area contributed by atoms with Crippen molar-refractivity contribution in [1.29, 1.82) is 0 Å². The lowest BCUT2D eigenvalue weighted by atomic mass is 10.0. The molecule has 0 bridgehead atoms. The van der Waals surface area contributed by atoms with Crippen LogP contribution < -0.4 is 27.4 Å². The number of hydrogen-bond acceptors (Lipinski definition) is 8. The average molecular weight is 508 g/mol. The standard InChI is InChI=1S/C20H37N5O6S2/c1-11(2)16(22)19(29)24-13(8-10-33-4)17(27)23-12(7-9-32-3)18(28)25-14(20(30)31)5-6-15(21)26/h11-14,16H,5-10,22H2,1-4H3,(H2,21,26)(H,23,27)(H,24,29)(H,25,28)(H,30,31). The van der Waals surface area contributed by atoms with Gasteiger partial charge in [-0.2, -0.15) is 23.5 Å². The highest BCUT2D eigenvalue weighted by molar-refractivity contribution is 7.98. The van der Waals surface area contributed by atoms with E-state index < -0.39 is 53.8 Å². The molecule has 190 valence electrons. The number of carbonyl (C=O) groups excluding carboxylic acids is 4. The van der Waals surface area contributed by atoms with Crippen LogP contribution in [0.2, 0.25) is 0 Å². The lowest BCUT2D eigenvalue weighted by Gasteiger charge is -2.25. The first kappa shape index (κ1) is 31.0. The zero-order valence-electron chi connectivity index (χ0n) is 19.6. The molecule has 0 aromatic rings. The maximum absolute atomic E-state index is 12.9. The quantitative estimate of drug-likeness (QED) is 0.147. The number of thioether (sulfide) groups is 2. The molecule has 0 spiro atoms. The fraction of sp³-hybridized carbons (Fsp3) is 0.750. The highest BCUT2D eigenvalue weighted by Gasteiger charge is 2.30. The number of primary amides is 1. The summed E-state index contributed by atoms with van der Waals surface area (Å²) in [5, 5.41) is 17.0. The second-order valence-corrected chi connectivity index (χ2v) is 9.83. The summed E-state index contributed by atoms with van der Waals surface area (Å²) in [5.41, 5.74) is 10.9. The smallest absolute Gasteiger partial charge is 0.326 e. The van der Waals surface area contributed by atoms with E-state index in [1.54, 1.807) is 13.8 Å². The van der Waals surface area contributed by atoms with E-state index in [1.165, 1.54) is 23.5 Å². The van der Waals surface area contributed by atoms with Crippen LogP contribution in [-0.4, -0.2) is 82.9 Å². The van der Waals surface area contributed by atoms with Gasteiger partial charge in [0.05, 0.1) is 6.04 Å². The van der Waals surface area contributed by atoms with Crippen molar-refractivity contribution >= 4 is 53.1 Å². The molecular formula is C20H37N5O6S2. The summed E-state index contributed by atoms with van der Waals surface area (Å²) in [7, 11) is 0. The van der Waals surface area contributed by atoms with Crippen molar-refractivity contribution in [2.24, 2.45) is 17.4 Å². The van der Waals surface area contributed by atoms with Gasteiger partial charge in [-0.1, -0.05) is 13.8 Å². The maximum Gasteiger partial charge on any atom is 0.326 e. The molecule has 0 aromatic carbocycles. The highest BCUT2D eigenvalue weighted by Crippen LogP contribution is 2.07. The van der Waals surface area contributed by atoms with Crippen molar-refractivity contribution in [2.45, 2.75) is 63.7 Å². The summed E-state index contributed by atoms with van der Waals surface area (Å²) in [6, 6.07) is -4.03. The van der Waals surface area contributed by atoms with E-state index in [9.17, 15) is 29.1 Å². The van der Waals surface area contributed by atoms with Gasteiger partial charge in [-0.25, -0.2) is 4.79 Å². The number of nitrogens with one attached hydrogen (secondary N) is 3. The van der Waals surface area contributed by atoms with Crippen LogP contribution in [0, 0.1) is 5.92 Å². The molecular weight excluding hydrogens is 470 g/mol. The Bertz CT molecular complexity index is 679. The van der Waals surface area contributed by atoms with Crippen LogP contribution in [0.4, 0.5) is 0 Å². The van der Waals surface area contributed by atoms with Crippen LogP contribution in [0.3, 0.4) is 0 Å². The van der Waals surface area contributed by atoms with Crippen LogP contribution in [0.1, 0.15) is 39.5 Å². The third kappa shape index (κ3) is 12.7.